The summed E-state index contributed by atoms with van der Waals surface area (Å²) < 4.78 is 0. The summed E-state index contributed by atoms with van der Waals surface area (Å²) in [5.74, 6) is 0.777. The molecule has 0 aromatic carbocycles. The molecule has 96 valence electrons. The van der Waals surface area contributed by atoms with Crippen LogP contribution in [0, 0.1) is 5.92 Å². The number of nitrogens with zero attached hydrogens (tertiary/aromatic N) is 1. The van der Waals surface area contributed by atoms with Gasteiger partial charge in [0, 0.05) is 25.6 Å². The van der Waals surface area contributed by atoms with Gasteiger partial charge >= 0.3 is 0 Å². The standard InChI is InChI=1S/C12H27N3O/c1-5-14-12(16)8-11(9-13)15(4)7-6-10(2)3/h10-11H,5-9,13H2,1-4H3,(H,14,16). The van der Waals surface area contributed by atoms with Gasteiger partial charge in [0.1, 0.15) is 0 Å². The SMILES string of the molecule is CCNC(=O)CC(CN)N(C)CCC(C)C. The van der Waals surface area contributed by atoms with Gasteiger partial charge in [-0.3, -0.25) is 4.79 Å². The van der Waals surface area contributed by atoms with Crippen molar-refractivity contribution in [3.63, 3.8) is 0 Å². The first-order valence-electron chi connectivity index (χ1n) is 6.18. The van der Waals surface area contributed by atoms with Crippen LogP contribution in [-0.2, 0) is 4.79 Å². The molecular weight excluding hydrogens is 202 g/mol. The van der Waals surface area contributed by atoms with Gasteiger partial charge in [-0.15, -0.1) is 0 Å². The summed E-state index contributed by atoms with van der Waals surface area (Å²) in [6.07, 6.45) is 1.64. The Kier molecular flexibility index (Phi) is 8.21. The molecule has 0 aromatic heterocycles. The van der Waals surface area contributed by atoms with Gasteiger partial charge < -0.3 is 16.0 Å². The van der Waals surface area contributed by atoms with Crippen molar-refractivity contribution >= 4 is 5.91 Å². The highest BCUT2D eigenvalue weighted by Gasteiger charge is 2.16. The number of amides is 1. The lowest BCUT2D eigenvalue weighted by Gasteiger charge is -2.27. The second-order valence-electron chi connectivity index (χ2n) is 4.71. The van der Waals surface area contributed by atoms with E-state index < -0.39 is 0 Å². The molecule has 0 rings (SSSR count). The minimum atomic E-state index is 0.0920. The molecule has 4 heteroatoms. The van der Waals surface area contributed by atoms with Crippen LogP contribution in [0.2, 0.25) is 0 Å². The molecule has 1 unspecified atom stereocenters. The monoisotopic (exact) mass is 229 g/mol. The number of carbonyl (C=O) groups excluding carboxylic acids is 1. The molecule has 4 nitrogen and oxygen atoms in total. The van der Waals surface area contributed by atoms with Crippen molar-refractivity contribution in [1.82, 2.24) is 10.2 Å². The molecule has 0 spiro atoms. The number of nitrogens with one attached hydrogen (secondary N) is 1. The topological polar surface area (TPSA) is 58.4 Å². The fraction of sp³-hybridized carbons (Fsp3) is 0.917. The molecule has 0 saturated carbocycles. The molecule has 1 atom stereocenters. The van der Waals surface area contributed by atoms with E-state index >= 15 is 0 Å². The molecule has 0 bridgehead atoms. The number of rotatable bonds is 8. The average Bonchev–Trinajstić information content (AvgIpc) is 2.22. The van der Waals surface area contributed by atoms with E-state index in [0.29, 0.717) is 25.4 Å². The maximum Gasteiger partial charge on any atom is 0.221 e. The Bertz CT molecular complexity index is 195. The van der Waals surface area contributed by atoms with Crippen LogP contribution in [0.25, 0.3) is 0 Å². The fourth-order valence-corrected chi connectivity index (χ4v) is 1.55. The number of hydrogen-bond acceptors (Lipinski definition) is 3. The number of likely N-dealkylation sites (N-methyl/N-ethyl adjacent to an activating group) is 1. The number of nitrogens with two attached hydrogens (primary N) is 1. The summed E-state index contributed by atoms with van der Waals surface area (Å²) in [5, 5.41) is 2.81. The van der Waals surface area contributed by atoms with Crippen molar-refractivity contribution in [1.29, 1.82) is 0 Å². The summed E-state index contributed by atoms with van der Waals surface area (Å²) >= 11 is 0. The highest BCUT2D eigenvalue weighted by Crippen LogP contribution is 2.06. The van der Waals surface area contributed by atoms with Gasteiger partial charge in [-0.05, 0) is 32.9 Å². The van der Waals surface area contributed by atoms with E-state index in [1.165, 1.54) is 0 Å². The Labute approximate surface area is 99.6 Å². The minimum Gasteiger partial charge on any atom is -0.356 e. The Morgan fingerprint density at radius 3 is 2.50 bits per heavy atom. The van der Waals surface area contributed by atoms with Crippen molar-refractivity contribution in [2.24, 2.45) is 11.7 Å². The van der Waals surface area contributed by atoms with E-state index in [9.17, 15) is 4.79 Å². The Morgan fingerprint density at radius 1 is 1.44 bits per heavy atom. The van der Waals surface area contributed by atoms with Gasteiger partial charge in [0.2, 0.25) is 5.91 Å². The zero-order valence-electron chi connectivity index (χ0n) is 11.1. The second-order valence-corrected chi connectivity index (χ2v) is 4.71. The third-order valence-corrected chi connectivity index (χ3v) is 2.75. The summed E-state index contributed by atoms with van der Waals surface area (Å²) in [6, 6.07) is 0.158. The average molecular weight is 229 g/mol. The first-order valence-corrected chi connectivity index (χ1v) is 6.18. The van der Waals surface area contributed by atoms with E-state index in [-0.39, 0.29) is 11.9 Å². The third kappa shape index (κ3) is 6.80. The summed E-state index contributed by atoms with van der Waals surface area (Å²) in [6.45, 7) is 8.55. The predicted octanol–water partition coefficient (Wildman–Crippen LogP) is 0.818. The molecule has 0 aliphatic carbocycles. The largest absolute Gasteiger partial charge is 0.356 e. The van der Waals surface area contributed by atoms with E-state index in [4.69, 9.17) is 5.73 Å². The van der Waals surface area contributed by atoms with E-state index in [1.807, 2.05) is 14.0 Å². The number of hydrogen-bond donors (Lipinski definition) is 2. The summed E-state index contributed by atoms with van der Waals surface area (Å²) in [4.78, 5) is 13.7. The van der Waals surface area contributed by atoms with Gasteiger partial charge in [0.05, 0.1) is 0 Å². The zero-order valence-corrected chi connectivity index (χ0v) is 11.1. The fourth-order valence-electron chi connectivity index (χ4n) is 1.55. The first kappa shape index (κ1) is 15.4. The zero-order chi connectivity index (χ0) is 12.6. The van der Waals surface area contributed by atoms with Crippen LogP contribution in [-0.4, -0.2) is 43.5 Å². The molecule has 0 radical (unpaired) electrons. The molecule has 0 heterocycles. The normalized spacial score (nSPS) is 13.2. The van der Waals surface area contributed by atoms with Gasteiger partial charge in [-0.25, -0.2) is 0 Å². The molecule has 0 saturated heterocycles. The highest BCUT2D eigenvalue weighted by molar-refractivity contribution is 5.76. The molecule has 3 N–H and O–H groups in total. The lowest BCUT2D eigenvalue weighted by Crippen LogP contribution is -2.42. The summed E-state index contributed by atoms with van der Waals surface area (Å²) in [7, 11) is 2.04. The van der Waals surface area contributed by atoms with Crippen LogP contribution in [0.1, 0.15) is 33.6 Å². The van der Waals surface area contributed by atoms with Crippen LogP contribution in [0.5, 0.6) is 0 Å². The highest BCUT2D eigenvalue weighted by atomic mass is 16.1. The van der Waals surface area contributed by atoms with E-state index in [0.717, 1.165) is 13.0 Å². The van der Waals surface area contributed by atoms with Crippen molar-refractivity contribution in [2.75, 3.05) is 26.7 Å². The Balaban J connectivity index is 4.00. The van der Waals surface area contributed by atoms with Crippen molar-refractivity contribution in [3.05, 3.63) is 0 Å². The maximum absolute atomic E-state index is 11.5. The predicted molar refractivity (Wildman–Crippen MR) is 68.2 cm³/mol. The van der Waals surface area contributed by atoms with E-state index in [1.54, 1.807) is 0 Å². The van der Waals surface area contributed by atoms with E-state index in [2.05, 4.69) is 24.1 Å². The molecule has 0 aliphatic rings. The summed E-state index contributed by atoms with van der Waals surface area (Å²) in [5.41, 5.74) is 5.70. The second kappa shape index (κ2) is 8.53. The van der Waals surface area contributed by atoms with Crippen LogP contribution in [0.4, 0.5) is 0 Å². The van der Waals surface area contributed by atoms with Crippen LogP contribution in [0.15, 0.2) is 0 Å². The molecular formula is C12H27N3O. The van der Waals surface area contributed by atoms with Crippen molar-refractivity contribution < 1.29 is 4.79 Å². The Hall–Kier alpha value is -0.610. The smallest absolute Gasteiger partial charge is 0.221 e. The van der Waals surface area contributed by atoms with Gasteiger partial charge in [-0.2, -0.15) is 0 Å². The third-order valence-electron chi connectivity index (χ3n) is 2.75. The minimum absolute atomic E-state index is 0.0920. The maximum atomic E-state index is 11.5. The molecule has 0 aliphatic heterocycles. The van der Waals surface area contributed by atoms with Gasteiger partial charge in [0.25, 0.3) is 0 Å². The lowest BCUT2D eigenvalue weighted by atomic mass is 10.1. The number of carbonyl (C=O) groups is 1. The van der Waals surface area contributed by atoms with Crippen molar-refractivity contribution in [2.45, 2.75) is 39.7 Å². The van der Waals surface area contributed by atoms with Crippen LogP contribution in [0.3, 0.4) is 0 Å². The Morgan fingerprint density at radius 2 is 2.06 bits per heavy atom. The lowest BCUT2D eigenvalue weighted by molar-refractivity contribution is -0.122. The molecule has 1 amide bonds. The van der Waals surface area contributed by atoms with Gasteiger partial charge in [-0.1, -0.05) is 13.8 Å². The molecule has 0 fully saturated rings. The van der Waals surface area contributed by atoms with Crippen LogP contribution >= 0.6 is 0 Å². The first-order chi connectivity index (χ1) is 7.51. The van der Waals surface area contributed by atoms with Crippen molar-refractivity contribution in [3.8, 4) is 0 Å². The molecule has 16 heavy (non-hydrogen) atoms. The quantitative estimate of drug-likeness (QED) is 0.648. The van der Waals surface area contributed by atoms with Gasteiger partial charge in [0.15, 0.2) is 0 Å². The molecule has 0 aromatic rings. The van der Waals surface area contributed by atoms with Crippen LogP contribution < -0.4 is 11.1 Å².